The molecule has 0 saturated carbocycles. The van der Waals surface area contributed by atoms with Gasteiger partial charge < -0.3 is 19.7 Å². The van der Waals surface area contributed by atoms with Crippen molar-refractivity contribution >= 4 is 17.8 Å². The zero-order chi connectivity index (χ0) is 21.1. The molecule has 1 aliphatic heterocycles. The summed E-state index contributed by atoms with van der Waals surface area (Å²) in [5, 5.41) is 19.9. The molecule has 2 N–H and O–H groups in total. The van der Waals surface area contributed by atoms with E-state index in [9.17, 15) is 19.8 Å². The van der Waals surface area contributed by atoms with Gasteiger partial charge in [-0.15, -0.1) is 0 Å². The van der Waals surface area contributed by atoms with E-state index in [2.05, 4.69) is 0 Å². The zero-order valence-electron chi connectivity index (χ0n) is 15.8. The fourth-order valence-electron chi connectivity index (χ4n) is 3.30. The minimum Gasteiger partial charge on any atom is -0.508 e. The fraction of sp³-hybridized carbons (Fsp3) is 0.0833. The number of phenolic OH excluding ortho intramolecular Hbond substituents is 2. The Morgan fingerprint density at radius 3 is 2.33 bits per heavy atom. The highest BCUT2D eigenvalue weighted by Gasteiger charge is 2.42. The van der Waals surface area contributed by atoms with Crippen molar-refractivity contribution in [1.29, 1.82) is 0 Å². The van der Waals surface area contributed by atoms with Crippen LogP contribution in [0.25, 0.3) is 6.08 Å². The molecule has 0 saturated heterocycles. The van der Waals surface area contributed by atoms with Crippen LogP contribution < -0.4 is 4.74 Å². The number of ketones is 1. The Labute approximate surface area is 172 Å². The second kappa shape index (κ2) is 8.13. The van der Waals surface area contributed by atoms with Crippen LogP contribution in [-0.2, 0) is 9.53 Å². The largest absolute Gasteiger partial charge is 0.508 e. The summed E-state index contributed by atoms with van der Waals surface area (Å²) in [6.45, 7) is 0. The standard InChI is InChI=1S/C24H18O6/c25-17-13-18(26)21-19(14-17)29-23(16-9-5-2-6-10-16)24(22(21)28)30-20(27)12-11-15-7-3-1-4-8-15/h1-14,23-26H. The molecule has 1 aliphatic rings. The third-order valence-electron chi connectivity index (χ3n) is 4.68. The van der Waals surface area contributed by atoms with E-state index in [1.54, 1.807) is 30.3 Å². The average Bonchev–Trinajstić information content (AvgIpc) is 2.75. The maximum absolute atomic E-state index is 13.1. The molecule has 2 atom stereocenters. The maximum Gasteiger partial charge on any atom is 0.331 e. The SMILES string of the molecule is O=C(C=Cc1ccccc1)OC1C(=O)c2c(O)cc(O)cc2OC1c1ccccc1. The van der Waals surface area contributed by atoms with Crippen LogP contribution in [0.5, 0.6) is 17.2 Å². The minimum atomic E-state index is -1.30. The summed E-state index contributed by atoms with van der Waals surface area (Å²) in [4.78, 5) is 25.6. The van der Waals surface area contributed by atoms with Gasteiger partial charge in [-0.2, -0.15) is 0 Å². The monoisotopic (exact) mass is 402 g/mol. The summed E-state index contributed by atoms with van der Waals surface area (Å²) >= 11 is 0. The van der Waals surface area contributed by atoms with Crippen LogP contribution in [0.2, 0.25) is 0 Å². The van der Waals surface area contributed by atoms with Crippen molar-refractivity contribution in [2.75, 3.05) is 0 Å². The van der Waals surface area contributed by atoms with E-state index >= 15 is 0 Å². The summed E-state index contributed by atoms with van der Waals surface area (Å²) in [5.74, 6) is -1.99. The highest BCUT2D eigenvalue weighted by Crippen LogP contribution is 2.42. The maximum atomic E-state index is 13.1. The van der Waals surface area contributed by atoms with E-state index in [1.165, 1.54) is 12.1 Å². The van der Waals surface area contributed by atoms with Crippen molar-refractivity contribution in [3.05, 3.63) is 95.6 Å². The number of benzene rings is 3. The Morgan fingerprint density at radius 1 is 0.967 bits per heavy atom. The van der Waals surface area contributed by atoms with Crippen molar-refractivity contribution in [3.63, 3.8) is 0 Å². The second-order valence-corrected chi connectivity index (χ2v) is 6.75. The molecular formula is C24H18O6. The first-order valence-corrected chi connectivity index (χ1v) is 9.28. The smallest absolute Gasteiger partial charge is 0.331 e. The van der Waals surface area contributed by atoms with Crippen LogP contribution in [0.3, 0.4) is 0 Å². The van der Waals surface area contributed by atoms with E-state index < -0.39 is 29.7 Å². The number of fused-ring (bicyclic) bond motifs is 1. The molecule has 0 spiro atoms. The van der Waals surface area contributed by atoms with Crippen molar-refractivity contribution in [3.8, 4) is 17.2 Å². The molecule has 0 radical (unpaired) electrons. The average molecular weight is 402 g/mol. The van der Waals surface area contributed by atoms with Gasteiger partial charge in [0.05, 0.1) is 0 Å². The Kier molecular flexibility index (Phi) is 5.22. The molecule has 2 unspecified atom stereocenters. The zero-order valence-corrected chi connectivity index (χ0v) is 15.8. The van der Waals surface area contributed by atoms with E-state index in [0.717, 1.165) is 11.6 Å². The second-order valence-electron chi connectivity index (χ2n) is 6.75. The molecule has 1 heterocycles. The van der Waals surface area contributed by atoms with E-state index in [4.69, 9.17) is 9.47 Å². The fourth-order valence-corrected chi connectivity index (χ4v) is 3.30. The van der Waals surface area contributed by atoms with Crippen molar-refractivity contribution in [1.82, 2.24) is 0 Å². The summed E-state index contributed by atoms with van der Waals surface area (Å²) in [6, 6.07) is 20.3. The molecule has 3 aromatic rings. The molecule has 0 fully saturated rings. The van der Waals surface area contributed by atoms with Crippen molar-refractivity contribution in [2.24, 2.45) is 0 Å². The van der Waals surface area contributed by atoms with Crippen molar-refractivity contribution in [2.45, 2.75) is 12.2 Å². The lowest BCUT2D eigenvalue weighted by molar-refractivity contribution is -0.145. The van der Waals surface area contributed by atoms with Gasteiger partial charge in [0.2, 0.25) is 11.9 Å². The molecule has 0 amide bonds. The molecule has 0 aromatic heterocycles. The summed E-state index contributed by atoms with van der Waals surface area (Å²) in [6.07, 6.45) is 0.582. The summed E-state index contributed by atoms with van der Waals surface area (Å²) in [7, 11) is 0. The molecule has 0 bridgehead atoms. The molecule has 30 heavy (non-hydrogen) atoms. The van der Waals surface area contributed by atoms with Gasteiger partial charge in [0.15, 0.2) is 6.10 Å². The topological polar surface area (TPSA) is 93.1 Å². The number of carbonyl (C=O) groups excluding carboxylic acids is 2. The quantitative estimate of drug-likeness (QED) is 0.505. The Bertz CT molecular complexity index is 1110. The third kappa shape index (κ3) is 3.89. The lowest BCUT2D eigenvalue weighted by Crippen LogP contribution is -2.39. The summed E-state index contributed by atoms with van der Waals surface area (Å²) in [5.41, 5.74) is 1.28. The van der Waals surface area contributed by atoms with Crippen molar-refractivity contribution < 1.29 is 29.3 Å². The molecule has 6 heteroatoms. The van der Waals surface area contributed by atoms with Gasteiger partial charge in [-0.3, -0.25) is 4.79 Å². The summed E-state index contributed by atoms with van der Waals surface area (Å²) < 4.78 is 11.3. The van der Waals surface area contributed by atoms with Gasteiger partial charge in [-0.1, -0.05) is 60.7 Å². The highest BCUT2D eigenvalue weighted by atomic mass is 16.6. The van der Waals surface area contributed by atoms with Crippen LogP contribution in [0, 0.1) is 0 Å². The molecule has 4 rings (SSSR count). The number of esters is 1. The molecule has 6 nitrogen and oxygen atoms in total. The third-order valence-corrected chi connectivity index (χ3v) is 4.68. The Hall–Kier alpha value is -4.06. The number of phenols is 2. The van der Waals surface area contributed by atoms with Gasteiger partial charge >= 0.3 is 5.97 Å². The number of Topliss-reactive ketones (excluding diaryl/α,β-unsaturated/α-hetero) is 1. The number of carbonyl (C=O) groups is 2. The lowest BCUT2D eigenvalue weighted by Gasteiger charge is -2.32. The molecule has 0 aliphatic carbocycles. The van der Waals surface area contributed by atoms with Crippen LogP contribution in [0.15, 0.2) is 78.9 Å². The van der Waals surface area contributed by atoms with E-state index in [0.29, 0.717) is 5.56 Å². The number of ether oxygens (including phenoxy) is 2. The first-order valence-electron chi connectivity index (χ1n) is 9.28. The number of hydrogen-bond acceptors (Lipinski definition) is 6. The molecule has 150 valence electrons. The lowest BCUT2D eigenvalue weighted by atomic mass is 9.92. The molecule has 3 aromatic carbocycles. The minimum absolute atomic E-state index is 0.0264. The van der Waals surface area contributed by atoms with Gasteiger partial charge in [-0.25, -0.2) is 4.79 Å². The normalized spacial score (nSPS) is 17.9. The van der Waals surface area contributed by atoms with Gasteiger partial charge in [0, 0.05) is 18.2 Å². The first kappa shape index (κ1) is 19.3. The van der Waals surface area contributed by atoms with Crippen LogP contribution in [0.1, 0.15) is 27.6 Å². The van der Waals surface area contributed by atoms with E-state index in [1.807, 2.05) is 36.4 Å². The Morgan fingerprint density at radius 2 is 1.63 bits per heavy atom. The van der Waals surface area contributed by atoms with Crippen LogP contribution in [-0.4, -0.2) is 28.1 Å². The van der Waals surface area contributed by atoms with E-state index in [-0.39, 0.29) is 17.1 Å². The number of rotatable bonds is 4. The Balaban J connectivity index is 1.66. The van der Waals surface area contributed by atoms with Gasteiger partial charge in [-0.05, 0) is 17.2 Å². The highest BCUT2D eigenvalue weighted by molar-refractivity contribution is 6.07. The molecular weight excluding hydrogens is 384 g/mol. The predicted octanol–water partition coefficient (Wildman–Crippen LogP) is 4.04. The number of aromatic hydroxyl groups is 2. The van der Waals surface area contributed by atoms with Crippen LogP contribution >= 0.6 is 0 Å². The van der Waals surface area contributed by atoms with Gasteiger partial charge in [0.25, 0.3) is 0 Å². The predicted molar refractivity (Wildman–Crippen MR) is 109 cm³/mol. The first-order chi connectivity index (χ1) is 14.5. The number of hydrogen-bond donors (Lipinski definition) is 2. The van der Waals surface area contributed by atoms with Crippen LogP contribution in [0.4, 0.5) is 0 Å². The van der Waals surface area contributed by atoms with Gasteiger partial charge in [0.1, 0.15) is 22.8 Å².